The Morgan fingerprint density at radius 3 is 2.40 bits per heavy atom. The van der Waals surface area contributed by atoms with Crippen molar-refractivity contribution in [1.29, 1.82) is 0 Å². The van der Waals surface area contributed by atoms with Crippen LogP contribution in [0.15, 0.2) is 30.3 Å². The first kappa shape index (κ1) is 14.8. The molecular formula is C13H9Cl3N2O2. The zero-order chi connectivity index (χ0) is 14.9. The normalized spacial score (nSPS) is 10.3. The zero-order valence-corrected chi connectivity index (χ0v) is 12.2. The maximum absolute atomic E-state index is 11.2. The van der Waals surface area contributed by atoms with Crippen molar-refractivity contribution in [3.05, 3.63) is 51.0 Å². The van der Waals surface area contributed by atoms with E-state index in [1.807, 2.05) is 0 Å². The van der Waals surface area contributed by atoms with Gasteiger partial charge in [-0.15, -0.1) is 0 Å². The molecule has 0 aromatic heterocycles. The molecule has 0 atom stereocenters. The molecule has 4 N–H and O–H groups in total. The van der Waals surface area contributed by atoms with Gasteiger partial charge >= 0.3 is 5.97 Å². The summed E-state index contributed by atoms with van der Waals surface area (Å²) in [4.78, 5) is 11.2. The largest absolute Gasteiger partial charge is 0.478 e. The maximum Gasteiger partial charge on any atom is 0.337 e. The monoisotopic (exact) mass is 330 g/mol. The van der Waals surface area contributed by atoms with E-state index >= 15 is 0 Å². The van der Waals surface area contributed by atoms with Crippen LogP contribution >= 0.6 is 34.8 Å². The van der Waals surface area contributed by atoms with Crippen molar-refractivity contribution < 1.29 is 9.90 Å². The highest BCUT2D eigenvalue weighted by molar-refractivity contribution is 6.37. The second-order valence-electron chi connectivity index (χ2n) is 3.98. The van der Waals surface area contributed by atoms with Crippen molar-refractivity contribution in [2.75, 3.05) is 11.1 Å². The van der Waals surface area contributed by atoms with Crippen LogP contribution in [0.3, 0.4) is 0 Å². The summed E-state index contributed by atoms with van der Waals surface area (Å²) in [5.41, 5.74) is 6.52. The molecule has 0 saturated carbocycles. The zero-order valence-electron chi connectivity index (χ0n) is 9.95. The first-order valence-corrected chi connectivity index (χ1v) is 6.56. The summed E-state index contributed by atoms with van der Waals surface area (Å²) in [6.45, 7) is 0. The summed E-state index contributed by atoms with van der Waals surface area (Å²) < 4.78 is 0. The highest BCUT2D eigenvalue weighted by Crippen LogP contribution is 2.35. The molecule has 0 aliphatic rings. The van der Waals surface area contributed by atoms with E-state index in [1.54, 1.807) is 12.1 Å². The first-order chi connectivity index (χ1) is 9.38. The molecule has 0 bridgehead atoms. The number of nitrogens with one attached hydrogen (secondary N) is 1. The quantitative estimate of drug-likeness (QED) is 0.714. The first-order valence-electron chi connectivity index (χ1n) is 5.43. The molecule has 0 spiro atoms. The number of nitrogens with two attached hydrogens (primary N) is 1. The van der Waals surface area contributed by atoms with Crippen LogP contribution in [0.2, 0.25) is 15.1 Å². The summed E-state index contributed by atoms with van der Waals surface area (Å²) >= 11 is 17.9. The molecule has 0 unspecified atom stereocenters. The number of aromatic carboxylic acids is 1. The Bertz CT molecular complexity index is 690. The minimum atomic E-state index is -1.15. The summed E-state index contributed by atoms with van der Waals surface area (Å²) in [5.74, 6) is -1.15. The fraction of sp³-hybridized carbons (Fsp3) is 0. The molecule has 2 aromatic rings. The summed E-state index contributed by atoms with van der Waals surface area (Å²) in [6, 6.07) is 7.57. The van der Waals surface area contributed by atoms with Crippen molar-refractivity contribution in [2.45, 2.75) is 0 Å². The van der Waals surface area contributed by atoms with Gasteiger partial charge in [0, 0.05) is 10.7 Å². The van der Waals surface area contributed by atoms with Crippen LogP contribution in [0.1, 0.15) is 10.4 Å². The van der Waals surface area contributed by atoms with Crippen molar-refractivity contribution >= 4 is 57.8 Å². The second-order valence-corrected chi connectivity index (χ2v) is 5.23. The number of rotatable bonds is 3. The van der Waals surface area contributed by atoms with Gasteiger partial charge in [0.1, 0.15) is 0 Å². The number of carboxylic acid groups (broad SMARTS) is 1. The van der Waals surface area contributed by atoms with Crippen molar-refractivity contribution in [1.82, 2.24) is 0 Å². The number of halogens is 3. The Morgan fingerprint density at radius 2 is 1.80 bits per heavy atom. The molecule has 0 radical (unpaired) electrons. The molecule has 7 heteroatoms. The van der Waals surface area contributed by atoms with Crippen LogP contribution in [-0.4, -0.2) is 11.1 Å². The van der Waals surface area contributed by atoms with Gasteiger partial charge in [0.15, 0.2) is 0 Å². The molecular weight excluding hydrogens is 323 g/mol. The van der Waals surface area contributed by atoms with Gasteiger partial charge in [-0.2, -0.15) is 0 Å². The van der Waals surface area contributed by atoms with E-state index < -0.39 is 5.97 Å². The molecule has 0 amide bonds. The lowest BCUT2D eigenvalue weighted by Crippen LogP contribution is -2.05. The third kappa shape index (κ3) is 3.10. The van der Waals surface area contributed by atoms with Crippen LogP contribution in [-0.2, 0) is 0 Å². The number of carboxylic acids is 1. The number of hydrogen-bond donors (Lipinski definition) is 3. The smallest absolute Gasteiger partial charge is 0.337 e. The van der Waals surface area contributed by atoms with Gasteiger partial charge in [-0.25, -0.2) is 4.79 Å². The van der Waals surface area contributed by atoms with Gasteiger partial charge in [-0.05, 0) is 30.3 Å². The Hall–Kier alpha value is -1.62. The molecule has 2 aromatic carbocycles. The minimum absolute atomic E-state index is 0.0407. The van der Waals surface area contributed by atoms with Crippen molar-refractivity contribution in [2.24, 2.45) is 0 Å². The highest BCUT2D eigenvalue weighted by Gasteiger charge is 2.16. The number of hydrogen-bond acceptors (Lipinski definition) is 3. The molecule has 0 aliphatic carbocycles. The standard InChI is InChI=1S/C13H9Cl3N2O2/c14-6-1-2-11(9(15)3-6)18-12-8(13(19)20)4-7(17)5-10(12)16/h1-5,18H,17H2,(H,19,20). The Labute approximate surface area is 130 Å². The maximum atomic E-state index is 11.2. The van der Waals surface area contributed by atoms with Crippen LogP contribution in [0.5, 0.6) is 0 Å². The lowest BCUT2D eigenvalue weighted by Gasteiger charge is -2.13. The van der Waals surface area contributed by atoms with E-state index in [4.69, 9.17) is 40.5 Å². The van der Waals surface area contributed by atoms with E-state index in [-0.39, 0.29) is 22.0 Å². The number of anilines is 3. The molecule has 20 heavy (non-hydrogen) atoms. The minimum Gasteiger partial charge on any atom is -0.478 e. The van der Waals surface area contributed by atoms with Gasteiger partial charge < -0.3 is 16.2 Å². The van der Waals surface area contributed by atoms with Crippen LogP contribution in [0.25, 0.3) is 0 Å². The van der Waals surface area contributed by atoms with Gasteiger partial charge in [0.25, 0.3) is 0 Å². The van der Waals surface area contributed by atoms with Gasteiger partial charge in [-0.1, -0.05) is 34.8 Å². The number of benzene rings is 2. The van der Waals surface area contributed by atoms with E-state index in [1.165, 1.54) is 18.2 Å². The fourth-order valence-corrected chi connectivity index (χ4v) is 2.38. The summed E-state index contributed by atoms with van der Waals surface area (Å²) in [5, 5.41) is 13.1. The Balaban J connectivity index is 2.50. The molecule has 0 aliphatic heterocycles. The number of carbonyl (C=O) groups is 1. The SMILES string of the molecule is Nc1cc(Cl)c(Nc2ccc(Cl)cc2Cl)c(C(=O)O)c1. The topological polar surface area (TPSA) is 75.3 Å². The molecule has 4 nitrogen and oxygen atoms in total. The van der Waals surface area contributed by atoms with Gasteiger partial charge in [0.05, 0.1) is 27.0 Å². The predicted octanol–water partition coefficient (Wildman–Crippen LogP) is 4.67. The van der Waals surface area contributed by atoms with Crippen molar-refractivity contribution in [3.63, 3.8) is 0 Å². The van der Waals surface area contributed by atoms with E-state index in [9.17, 15) is 9.90 Å². The average molecular weight is 332 g/mol. The molecule has 2 rings (SSSR count). The molecule has 104 valence electrons. The number of nitrogen functional groups attached to an aromatic ring is 1. The van der Waals surface area contributed by atoms with E-state index in [0.29, 0.717) is 15.7 Å². The molecule has 0 saturated heterocycles. The third-order valence-electron chi connectivity index (χ3n) is 2.53. The van der Waals surface area contributed by atoms with Gasteiger partial charge in [-0.3, -0.25) is 0 Å². The highest BCUT2D eigenvalue weighted by atomic mass is 35.5. The lowest BCUT2D eigenvalue weighted by molar-refractivity contribution is 0.0698. The fourth-order valence-electron chi connectivity index (χ4n) is 1.65. The Kier molecular flexibility index (Phi) is 4.28. The molecule has 0 fully saturated rings. The predicted molar refractivity (Wildman–Crippen MR) is 82.6 cm³/mol. The average Bonchev–Trinajstić information content (AvgIpc) is 2.34. The lowest BCUT2D eigenvalue weighted by atomic mass is 10.1. The third-order valence-corrected chi connectivity index (χ3v) is 3.38. The molecule has 0 heterocycles. The second kappa shape index (κ2) is 5.79. The van der Waals surface area contributed by atoms with E-state index in [2.05, 4.69) is 5.32 Å². The van der Waals surface area contributed by atoms with Gasteiger partial charge in [0.2, 0.25) is 0 Å². The Morgan fingerprint density at radius 1 is 1.10 bits per heavy atom. The summed E-state index contributed by atoms with van der Waals surface area (Å²) in [7, 11) is 0. The van der Waals surface area contributed by atoms with E-state index in [0.717, 1.165) is 0 Å². The van der Waals surface area contributed by atoms with Crippen LogP contribution in [0, 0.1) is 0 Å². The summed E-state index contributed by atoms with van der Waals surface area (Å²) in [6.07, 6.45) is 0. The van der Waals surface area contributed by atoms with Crippen molar-refractivity contribution in [3.8, 4) is 0 Å². The van der Waals surface area contributed by atoms with Crippen LogP contribution < -0.4 is 11.1 Å². The van der Waals surface area contributed by atoms with Crippen LogP contribution in [0.4, 0.5) is 17.1 Å².